The molecule has 5 aromatic carbocycles. The van der Waals surface area contributed by atoms with Crippen molar-refractivity contribution in [3.8, 4) is 0 Å². The minimum atomic E-state index is 1.13. The summed E-state index contributed by atoms with van der Waals surface area (Å²) in [5, 5.41) is 2.51. The Kier molecular flexibility index (Phi) is 5.12. The summed E-state index contributed by atoms with van der Waals surface area (Å²) in [7, 11) is 2.12. The van der Waals surface area contributed by atoms with E-state index in [-0.39, 0.29) is 0 Å². The molecule has 0 aliphatic carbocycles. The molecule has 0 spiro atoms. The van der Waals surface area contributed by atoms with Crippen molar-refractivity contribution in [1.82, 2.24) is 0 Å². The predicted molar refractivity (Wildman–Crippen MR) is 133 cm³/mol. The molecule has 0 radical (unpaired) electrons. The number of benzene rings is 5. The lowest BCUT2D eigenvalue weighted by Crippen LogP contribution is -2.11. The number of fused-ring (bicyclic) bond motifs is 1. The Bertz CT molecular complexity index is 1240. The molecule has 5 aromatic rings. The van der Waals surface area contributed by atoms with Crippen LogP contribution in [0, 0.1) is 0 Å². The monoisotopic (exact) mass is 400 g/mol. The molecule has 0 heterocycles. The SMILES string of the molecule is CN(c1ccc(N(c2ccccc2)c2ccccc2)cc1)c1ccc2ccccc2c1. The lowest BCUT2D eigenvalue weighted by Gasteiger charge is -2.26. The van der Waals surface area contributed by atoms with Crippen molar-refractivity contribution in [3.63, 3.8) is 0 Å². The Morgan fingerprint density at radius 2 is 0.839 bits per heavy atom. The van der Waals surface area contributed by atoms with E-state index < -0.39 is 0 Å². The van der Waals surface area contributed by atoms with Crippen LogP contribution in [0.25, 0.3) is 10.8 Å². The van der Waals surface area contributed by atoms with Crippen LogP contribution in [0.15, 0.2) is 127 Å². The highest BCUT2D eigenvalue weighted by atomic mass is 15.1. The first-order chi connectivity index (χ1) is 15.3. The van der Waals surface area contributed by atoms with E-state index in [9.17, 15) is 0 Å². The van der Waals surface area contributed by atoms with Gasteiger partial charge in [-0.2, -0.15) is 0 Å². The zero-order valence-corrected chi connectivity index (χ0v) is 17.5. The third kappa shape index (κ3) is 3.88. The van der Waals surface area contributed by atoms with Crippen LogP contribution >= 0.6 is 0 Å². The molecule has 150 valence electrons. The van der Waals surface area contributed by atoms with Crippen molar-refractivity contribution in [1.29, 1.82) is 0 Å². The van der Waals surface area contributed by atoms with Crippen molar-refractivity contribution in [3.05, 3.63) is 127 Å². The van der Waals surface area contributed by atoms with Gasteiger partial charge in [-0.15, -0.1) is 0 Å². The van der Waals surface area contributed by atoms with E-state index in [1.165, 1.54) is 16.5 Å². The standard InChI is InChI=1S/C29H24N2/c1-30(29-17-16-23-10-8-9-11-24(23)22-29)25-18-20-28(21-19-25)31(26-12-4-2-5-13-26)27-14-6-3-7-15-27/h2-22H,1H3. The van der Waals surface area contributed by atoms with Gasteiger partial charge in [0.15, 0.2) is 0 Å². The first kappa shape index (κ1) is 19.0. The number of anilines is 5. The normalized spacial score (nSPS) is 10.7. The highest BCUT2D eigenvalue weighted by Crippen LogP contribution is 2.36. The van der Waals surface area contributed by atoms with E-state index in [2.05, 4.69) is 132 Å². The van der Waals surface area contributed by atoms with Crippen molar-refractivity contribution < 1.29 is 0 Å². The van der Waals surface area contributed by atoms with E-state index in [1.807, 2.05) is 12.1 Å². The van der Waals surface area contributed by atoms with Gasteiger partial charge in [0.25, 0.3) is 0 Å². The zero-order valence-electron chi connectivity index (χ0n) is 17.5. The number of para-hydroxylation sites is 2. The summed E-state index contributed by atoms with van der Waals surface area (Å²) in [5.41, 5.74) is 5.75. The molecule has 0 bridgehead atoms. The molecule has 0 amide bonds. The summed E-state index contributed by atoms with van der Waals surface area (Å²) >= 11 is 0. The molecule has 2 heteroatoms. The van der Waals surface area contributed by atoms with Gasteiger partial charge < -0.3 is 9.80 Å². The fourth-order valence-corrected chi connectivity index (χ4v) is 3.96. The molecule has 0 N–H and O–H groups in total. The summed E-state index contributed by atoms with van der Waals surface area (Å²) in [4.78, 5) is 4.51. The van der Waals surface area contributed by atoms with E-state index in [1.54, 1.807) is 0 Å². The maximum absolute atomic E-state index is 2.28. The van der Waals surface area contributed by atoms with E-state index in [0.29, 0.717) is 0 Å². The molecular formula is C29H24N2. The first-order valence-corrected chi connectivity index (χ1v) is 10.5. The number of hydrogen-bond donors (Lipinski definition) is 0. The van der Waals surface area contributed by atoms with Crippen molar-refractivity contribution in [2.45, 2.75) is 0 Å². The summed E-state index contributed by atoms with van der Waals surface area (Å²) in [5.74, 6) is 0. The van der Waals surface area contributed by atoms with Crippen LogP contribution in [-0.4, -0.2) is 7.05 Å². The maximum atomic E-state index is 2.28. The lowest BCUT2D eigenvalue weighted by atomic mass is 10.1. The molecule has 0 unspecified atom stereocenters. The fraction of sp³-hybridized carbons (Fsp3) is 0.0345. The second-order valence-corrected chi connectivity index (χ2v) is 7.61. The second-order valence-electron chi connectivity index (χ2n) is 7.61. The highest BCUT2D eigenvalue weighted by molar-refractivity contribution is 5.87. The second kappa shape index (κ2) is 8.37. The molecule has 0 aromatic heterocycles. The molecule has 0 saturated heterocycles. The third-order valence-corrected chi connectivity index (χ3v) is 5.64. The average molecular weight is 401 g/mol. The van der Waals surface area contributed by atoms with Crippen LogP contribution in [0.4, 0.5) is 28.4 Å². The van der Waals surface area contributed by atoms with Crippen molar-refractivity contribution >= 4 is 39.2 Å². The molecule has 2 nitrogen and oxygen atoms in total. The molecule has 0 aliphatic heterocycles. The lowest BCUT2D eigenvalue weighted by molar-refractivity contribution is 1.21. The largest absolute Gasteiger partial charge is 0.345 e. The molecule has 5 rings (SSSR count). The predicted octanol–water partition coefficient (Wildman–Crippen LogP) is 8.08. The fourth-order valence-electron chi connectivity index (χ4n) is 3.96. The van der Waals surface area contributed by atoms with Crippen molar-refractivity contribution in [2.75, 3.05) is 16.8 Å². The molecule has 31 heavy (non-hydrogen) atoms. The Hall–Kier alpha value is -4.04. The summed E-state index contributed by atoms with van der Waals surface area (Å²) < 4.78 is 0. The maximum Gasteiger partial charge on any atom is 0.0463 e. The number of hydrogen-bond acceptors (Lipinski definition) is 2. The van der Waals surface area contributed by atoms with Crippen LogP contribution in [0.3, 0.4) is 0 Å². The van der Waals surface area contributed by atoms with Gasteiger partial charge in [0.1, 0.15) is 0 Å². The van der Waals surface area contributed by atoms with Gasteiger partial charge in [-0.3, -0.25) is 0 Å². The summed E-state index contributed by atoms with van der Waals surface area (Å²) in [6.45, 7) is 0. The Labute approximate surface area is 183 Å². The highest BCUT2D eigenvalue weighted by Gasteiger charge is 2.12. The first-order valence-electron chi connectivity index (χ1n) is 10.5. The molecule has 0 fully saturated rings. The third-order valence-electron chi connectivity index (χ3n) is 5.64. The minimum Gasteiger partial charge on any atom is -0.345 e. The van der Waals surface area contributed by atoms with Crippen LogP contribution in [-0.2, 0) is 0 Å². The minimum absolute atomic E-state index is 1.13. The van der Waals surface area contributed by atoms with Gasteiger partial charge in [-0.1, -0.05) is 66.7 Å². The van der Waals surface area contributed by atoms with E-state index >= 15 is 0 Å². The topological polar surface area (TPSA) is 6.48 Å². The van der Waals surface area contributed by atoms with Gasteiger partial charge in [-0.05, 0) is 71.4 Å². The summed E-state index contributed by atoms with van der Waals surface area (Å²) in [6, 6.07) is 44.8. The number of rotatable bonds is 5. The Balaban J connectivity index is 1.48. The van der Waals surface area contributed by atoms with E-state index in [0.717, 1.165) is 22.7 Å². The van der Waals surface area contributed by atoms with Crippen LogP contribution in [0.5, 0.6) is 0 Å². The molecular weight excluding hydrogens is 376 g/mol. The Morgan fingerprint density at radius 3 is 1.45 bits per heavy atom. The molecule has 0 atom stereocenters. The summed E-state index contributed by atoms with van der Waals surface area (Å²) in [6.07, 6.45) is 0. The Morgan fingerprint density at radius 1 is 0.387 bits per heavy atom. The zero-order chi connectivity index (χ0) is 21.0. The smallest absolute Gasteiger partial charge is 0.0463 e. The average Bonchev–Trinajstić information content (AvgIpc) is 2.85. The molecule has 0 aliphatic rings. The van der Waals surface area contributed by atoms with Crippen molar-refractivity contribution in [2.24, 2.45) is 0 Å². The van der Waals surface area contributed by atoms with Crippen LogP contribution in [0.1, 0.15) is 0 Å². The number of nitrogens with zero attached hydrogens (tertiary/aromatic N) is 2. The van der Waals surface area contributed by atoms with E-state index in [4.69, 9.17) is 0 Å². The van der Waals surface area contributed by atoms with Gasteiger partial charge >= 0.3 is 0 Å². The van der Waals surface area contributed by atoms with Gasteiger partial charge in [0, 0.05) is 35.5 Å². The van der Waals surface area contributed by atoms with Gasteiger partial charge in [0.05, 0.1) is 0 Å². The van der Waals surface area contributed by atoms with Gasteiger partial charge in [-0.25, -0.2) is 0 Å². The van der Waals surface area contributed by atoms with Crippen LogP contribution < -0.4 is 9.80 Å². The molecule has 0 saturated carbocycles. The quantitative estimate of drug-likeness (QED) is 0.294. The van der Waals surface area contributed by atoms with Gasteiger partial charge in [0.2, 0.25) is 0 Å². The van der Waals surface area contributed by atoms with Crippen LogP contribution in [0.2, 0.25) is 0 Å².